The monoisotopic (exact) mass is 570 g/mol. The summed E-state index contributed by atoms with van der Waals surface area (Å²) >= 11 is 0. The van der Waals surface area contributed by atoms with Crippen LogP contribution in [0.25, 0.3) is 10.9 Å². The van der Waals surface area contributed by atoms with E-state index in [1.54, 1.807) is 33.7 Å². The number of hydrogen-bond donors (Lipinski definition) is 6. The van der Waals surface area contributed by atoms with Gasteiger partial charge in [0.25, 0.3) is 5.91 Å². The van der Waals surface area contributed by atoms with Gasteiger partial charge in [0.05, 0.1) is 5.56 Å². The number of nitrogens with two attached hydrogens (primary N) is 2. The Labute approximate surface area is 234 Å². The van der Waals surface area contributed by atoms with Crippen LogP contribution in [0.5, 0.6) is 0 Å². The van der Waals surface area contributed by atoms with Crippen LogP contribution in [0.15, 0.2) is 48.5 Å². The van der Waals surface area contributed by atoms with Crippen LogP contribution in [0.4, 0.5) is 13.2 Å². The van der Waals surface area contributed by atoms with Crippen molar-refractivity contribution in [3.8, 4) is 0 Å². The van der Waals surface area contributed by atoms with E-state index in [1.807, 2.05) is 0 Å². The van der Waals surface area contributed by atoms with E-state index in [0.29, 0.717) is 67.8 Å². The first-order valence-electron chi connectivity index (χ1n) is 13.2. The number of nitrogen functional groups attached to an aromatic ring is 1. The molecule has 1 aliphatic rings. The maximum absolute atomic E-state index is 13.7. The number of nitrogens with one attached hydrogen (secondary N) is 4. The first kappa shape index (κ1) is 29.4. The molecule has 0 saturated carbocycles. The number of halogens is 3. The van der Waals surface area contributed by atoms with Crippen LogP contribution in [0.1, 0.15) is 46.4 Å². The molecule has 1 fully saturated rings. The molecule has 0 aliphatic carbocycles. The third-order valence-corrected chi connectivity index (χ3v) is 7.18. The van der Waals surface area contributed by atoms with Crippen molar-refractivity contribution in [1.29, 1.82) is 10.8 Å². The molecule has 13 heteroatoms. The Bertz CT molecular complexity index is 1440. The highest BCUT2D eigenvalue weighted by molar-refractivity contribution is 6.02. The van der Waals surface area contributed by atoms with Gasteiger partial charge in [-0.1, -0.05) is 24.3 Å². The number of fused-ring (bicyclic) bond motifs is 1. The predicted molar refractivity (Wildman–Crippen MR) is 150 cm³/mol. The number of carbonyl (C=O) groups is 2. The van der Waals surface area contributed by atoms with Gasteiger partial charge in [0.2, 0.25) is 5.91 Å². The average molecular weight is 571 g/mol. The van der Waals surface area contributed by atoms with Gasteiger partial charge >= 0.3 is 6.18 Å². The standard InChI is InChI=1S/C28H33F3N8O2/c29-28(30,31)21-6-2-17(3-7-21)16-39-22-15-20(24(32)33)5-4-19(22)14-23(39)26(41)38-12-8-18(9-13-38)25(40)36-10-1-11-37-27(34)35/h2-7,14-15,18H,1,8-13,16H2,(H3,32,33)(H,36,40)(H4,34,35,37). The molecule has 0 radical (unpaired) electrons. The summed E-state index contributed by atoms with van der Waals surface area (Å²) in [7, 11) is 0. The quantitative estimate of drug-likeness (QED) is 0.132. The summed E-state index contributed by atoms with van der Waals surface area (Å²) in [4.78, 5) is 28.0. The Morgan fingerprint density at radius 2 is 1.61 bits per heavy atom. The smallest absolute Gasteiger partial charge is 0.384 e. The second-order valence-corrected chi connectivity index (χ2v) is 10.0. The highest BCUT2D eigenvalue weighted by atomic mass is 19.4. The number of alkyl halides is 3. The van der Waals surface area contributed by atoms with Crippen LogP contribution in [0, 0.1) is 16.7 Å². The van der Waals surface area contributed by atoms with Crippen molar-refractivity contribution in [2.24, 2.45) is 17.4 Å². The number of likely N-dealkylation sites (tertiary alicyclic amines) is 1. The van der Waals surface area contributed by atoms with Crippen molar-refractivity contribution in [1.82, 2.24) is 20.1 Å². The van der Waals surface area contributed by atoms with Gasteiger partial charge in [0.1, 0.15) is 11.5 Å². The summed E-state index contributed by atoms with van der Waals surface area (Å²) in [5.41, 5.74) is 12.2. The first-order valence-corrected chi connectivity index (χ1v) is 13.2. The minimum atomic E-state index is -4.45. The molecule has 3 aromatic rings. The van der Waals surface area contributed by atoms with Gasteiger partial charge in [-0.25, -0.2) is 0 Å². The van der Waals surface area contributed by atoms with Gasteiger partial charge in [-0.3, -0.25) is 20.4 Å². The summed E-state index contributed by atoms with van der Waals surface area (Å²) in [6, 6.07) is 11.7. The molecular formula is C28H33F3N8O2. The molecule has 2 aromatic carbocycles. The Morgan fingerprint density at radius 3 is 2.22 bits per heavy atom. The lowest BCUT2D eigenvalue weighted by atomic mass is 9.95. The summed E-state index contributed by atoms with van der Waals surface area (Å²) in [6.07, 6.45) is -2.84. The molecule has 8 N–H and O–H groups in total. The Balaban J connectivity index is 1.50. The molecule has 2 amide bonds. The molecule has 10 nitrogen and oxygen atoms in total. The number of benzene rings is 2. The number of guanidine groups is 1. The lowest BCUT2D eigenvalue weighted by Crippen LogP contribution is -2.44. The molecule has 1 saturated heterocycles. The van der Waals surface area contributed by atoms with Crippen LogP contribution in [0.3, 0.4) is 0 Å². The van der Waals surface area contributed by atoms with E-state index < -0.39 is 11.7 Å². The predicted octanol–water partition coefficient (Wildman–Crippen LogP) is 2.83. The van der Waals surface area contributed by atoms with Crippen LogP contribution in [-0.2, 0) is 17.5 Å². The van der Waals surface area contributed by atoms with Crippen molar-refractivity contribution in [3.05, 3.63) is 70.9 Å². The first-order chi connectivity index (χ1) is 19.4. The van der Waals surface area contributed by atoms with Gasteiger partial charge in [0, 0.05) is 55.1 Å². The minimum Gasteiger partial charge on any atom is -0.384 e. The largest absolute Gasteiger partial charge is 0.416 e. The number of amidine groups is 1. The Morgan fingerprint density at radius 1 is 0.951 bits per heavy atom. The van der Waals surface area contributed by atoms with Crippen molar-refractivity contribution in [2.75, 3.05) is 26.2 Å². The number of hydrogen-bond acceptors (Lipinski definition) is 4. The zero-order valence-electron chi connectivity index (χ0n) is 22.4. The number of rotatable bonds is 9. The molecular weight excluding hydrogens is 537 g/mol. The van der Waals surface area contributed by atoms with Crippen molar-refractivity contribution < 1.29 is 22.8 Å². The molecule has 41 heavy (non-hydrogen) atoms. The maximum Gasteiger partial charge on any atom is 0.416 e. The van der Waals surface area contributed by atoms with Crippen molar-refractivity contribution in [2.45, 2.75) is 32.0 Å². The zero-order valence-corrected chi connectivity index (χ0v) is 22.4. The van der Waals surface area contributed by atoms with Gasteiger partial charge in [-0.05, 0) is 49.1 Å². The summed E-state index contributed by atoms with van der Waals surface area (Å²) in [5, 5.41) is 21.3. The van der Waals surface area contributed by atoms with Gasteiger partial charge in [-0.15, -0.1) is 0 Å². The molecule has 1 aliphatic heterocycles. The highest BCUT2D eigenvalue weighted by Crippen LogP contribution is 2.30. The van der Waals surface area contributed by atoms with E-state index in [-0.39, 0.29) is 36.1 Å². The van der Waals surface area contributed by atoms with Crippen LogP contribution in [0.2, 0.25) is 0 Å². The van der Waals surface area contributed by atoms with Crippen LogP contribution < -0.4 is 22.1 Å². The number of carbonyl (C=O) groups excluding carboxylic acids is 2. The normalized spacial score (nSPS) is 14.2. The number of nitrogens with zero attached hydrogens (tertiary/aromatic N) is 2. The van der Waals surface area contributed by atoms with Gasteiger partial charge < -0.3 is 31.6 Å². The minimum absolute atomic E-state index is 0.0758. The van der Waals surface area contributed by atoms with E-state index in [1.165, 1.54) is 12.1 Å². The Hall–Kier alpha value is -4.55. The van der Waals surface area contributed by atoms with E-state index in [9.17, 15) is 22.8 Å². The lowest BCUT2D eigenvalue weighted by molar-refractivity contribution is -0.137. The molecule has 0 atom stereocenters. The molecule has 4 rings (SSSR count). The Kier molecular flexibility index (Phi) is 8.84. The molecule has 0 unspecified atom stereocenters. The SMILES string of the molecule is N=C(N)NCCCNC(=O)C1CCN(C(=O)c2cc3ccc(C(=N)N)cc3n2Cc2ccc(C(F)(F)F)cc2)CC1. The second kappa shape index (κ2) is 12.3. The molecule has 2 heterocycles. The van der Waals surface area contributed by atoms with E-state index in [0.717, 1.165) is 17.5 Å². The maximum atomic E-state index is 13.7. The third kappa shape index (κ3) is 7.16. The number of aromatic nitrogens is 1. The van der Waals surface area contributed by atoms with Gasteiger partial charge in [-0.2, -0.15) is 13.2 Å². The van der Waals surface area contributed by atoms with Gasteiger partial charge in [0.15, 0.2) is 5.96 Å². The van der Waals surface area contributed by atoms with Crippen LogP contribution in [-0.4, -0.2) is 59.3 Å². The highest BCUT2D eigenvalue weighted by Gasteiger charge is 2.31. The fourth-order valence-corrected chi connectivity index (χ4v) is 4.93. The zero-order chi connectivity index (χ0) is 29.7. The van der Waals surface area contributed by atoms with E-state index in [4.69, 9.17) is 22.3 Å². The lowest BCUT2D eigenvalue weighted by Gasteiger charge is -2.31. The average Bonchev–Trinajstić information content (AvgIpc) is 3.29. The number of piperidine rings is 1. The topological polar surface area (TPSA) is 166 Å². The second-order valence-electron chi connectivity index (χ2n) is 10.0. The fraction of sp³-hybridized carbons (Fsp3) is 0.357. The fourth-order valence-electron chi connectivity index (χ4n) is 4.93. The number of amides is 2. The summed E-state index contributed by atoms with van der Waals surface area (Å²) in [5.74, 6) is -0.806. The molecule has 0 bridgehead atoms. The van der Waals surface area contributed by atoms with Crippen molar-refractivity contribution in [3.63, 3.8) is 0 Å². The van der Waals surface area contributed by atoms with E-state index >= 15 is 0 Å². The molecule has 218 valence electrons. The van der Waals surface area contributed by atoms with Crippen LogP contribution >= 0.6 is 0 Å². The summed E-state index contributed by atoms with van der Waals surface area (Å²) in [6.45, 7) is 1.83. The molecule has 1 aromatic heterocycles. The third-order valence-electron chi connectivity index (χ3n) is 7.18. The molecule has 0 spiro atoms. The summed E-state index contributed by atoms with van der Waals surface area (Å²) < 4.78 is 41.0. The van der Waals surface area contributed by atoms with E-state index in [2.05, 4.69) is 10.6 Å². The van der Waals surface area contributed by atoms with Crippen molar-refractivity contribution >= 4 is 34.5 Å².